The minimum absolute atomic E-state index is 0.00796. The molecule has 0 aromatic carbocycles. The van der Waals surface area contributed by atoms with E-state index in [1.165, 1.54) is 13.3 Å². The molecular formula is C12H17N3O4. The molecule has 7 heteroatoms. The molecule has 0 spiro atoms. The largest absolute Gasteiger partial charge is 0.481 e. The number of hydrogen-bond acceptors (Lipinski definition) is 6. The third-order valence-corrected chi connectivity index (χ3v) is 2.57. The minimum Gasteiger partial charge on any atom is -0.481 e. The Morgan fingerprint density at radius 2 is 2.26 bits per heavy atom. The first kappa shape index (κ1) is 14.9. The van der Waals surface area contributed by atoms with Crippen LogP contribution in [0.3, 0.4) is 0 Å². The first-order valence-electron chi connectivity index (χ1n) is 5.92. The first-order valence-corrected chi connectivity index (χ1v) is 5.92. The summed E-state index contributed by atoms with van der Waals surface area (Å²) < 4.78 is 4.52. The molecule has 0 aliphatic rings. The fraction of sp³-hybridized carbons (Fsp3) is 0.500. The zero-order valence-corrected chi connectivity index (χ0v) is 10.9. The van der Waals surface area contributed by atoms with Gasteiger partial charge in [-0.15, -0.1) is 0 Å². The molecule has 0 radical (unpaired) electrons. The van der Waals surface area contributed by atoms with Crippen LogP contribution < -0.4 is 5.32 Å². The van der Waals surface area contributed by atoms with E-state index in [2.05, 4.69) is 20.0 Å². The van der Waals surface area contributed by atoms with Gasteiger partial charge in [-0.3, -0.25) is 4.79 Å². The van der Waals surface area contributed by atoms with Crippen molar-refractivity contribution < 1.29 is 19.4 Å². The standard InChI is InChI=1S/C12H17N3O4/c1-8(11(16)17)4-3-6-13-9-5-7-14-10(15-9)12(18)19-2/h5,7-8H,3-4,6H2,1-2H3,(H,16,17)(H,13,14,15). The Bertz CT molecular complexity index is 450. The van der Waals surface area contributed by atoms with E-state index in [1.54, 1.807) is 13.0 Å². The molecule has 0 aliphatic carbocycles. The molecule has 1 aromatic rings. The van der Waals surface area contributed by atoms with Crippen LogP contribution in [0.2, 0.25) is 0 Å². The molecule has 7 nitrogen and oxygen atoms in total. The number of carboxylic acids is 1. The number of ether oxygens (including phenoxy) is 1. The van der Waals surface area contributed by atoms with Crippen LogP contribution in [0.5, 0.6) is 0 Å². The van der Waals surface area contributed by atoms with Gasteiger partial charge < -0.3 is 15.2 Å². The molecular weight excluding hydrogens is 250 g/mol. The van der Waals surface area contributed by atoms with Gasteiger partial charge in [0.1, 0.15) is 5.82 Å². The minimum atomic E-state index is -0.796. The third-order valence-electron chi connectivity index (χ3n) is 2.57. The van der Waals surface area contributed by atoms with E-state index in [0.29, 0.717) is 25.2 Å². The molecule has 0 fully saturated rings. The number of anilines is 1. The van der Waals surface area contributed by atoms with Gasteiger partial charge in [-0.05, 0) is 18.9 Å². The number of hydrogen-bond donors (Lipinski definition) is 2. The van der Waals surface area contributed by atoms with Crippen molar-refractivity contribution in [2.75, 3.05) is 19.0 Å². The van der Waals surface area contributed by atoms with Gasteiger partial charge in [-0.1, -0.05) is 6.92 Å². The summed E-state index contributed by atoms with van der Waals surface area (Å²) in [5.41, 5.74) is 0. The van der Waals surface area contributed by atoms with Crippen molar-refractivity contribution in [3.63, 3.8) is 0 Å². The van der Waals surface area contributed by atoms with Gasteiger partial charge in [-0.25, -0.2) is 14.8 Å². The van der Waals surface area contributed by atoms with Gasteiger partial charge in [0, 0.05) is 12.7 Å². The highest BCUT2D eigenvalue weighted by Crippen LogP contribution is 2.07. The van der Waals surface area contributed by atoms with E-state index in [0.717, 1.165) is 0 Å². The molecule has 1 unspecified atom stereocenters. The van der Waals surface area contributed by atoms with Gasteiger partial charge in [0.15, 0.2) is 0 Å². The first-order chi connectivity index (χ1) is 9.04. The number of methoxy groups -OCH3 is 1. The third kappa shape index (κ3) is 4.90. The van der Waals surface area contributed by atoms with Crippen molar-refractivity contribution >= 4 is 17.8 Å². The number of nitrogens with zero attached hydrogens (tertiary/aromatic N) is 2. The van der Waals surface area contributed by atoms with Crippen molar-refractivity contribution in [2.45, 2.75) is 19.8 Å². The summed E-state index contributed by atoms with van der Waals surface area (Å²) in [6.07, 6.45) is 2.74. The zero-order valence-electron chi connectivity index (χ0n) is 10.9. The zero-order chi connectivity index (χ0) is 14.3. The van der Waals surface area contributed by atoms with E-state index in [1.807, 2.05) is 0 Å². The predicted molar refractivity (Wildman–Crippen MR) is 67.9 cm³/mol. The Labute approximate surface area is 111 Å². The lowest BCUT2D eigenvalue weighted by molar-refractivity contribution is -0.141. The lowest BCUT2D eigenvalue weighted by Gasteiger charge is -2.08. The summed E-state index contributed by atoms with van der Waals surface area (Å²) in [4.78, 5) is 29.6. The lowest BCUT2D eigenvalue weighted by atomic mass is 10.1. The van der Waals surface area contributed by atoms with Gasteiger partial charge in [0.25, 0.3) is 0 Å². The number of nitrogens with one attached hydrogen (secondary N) is 1. The molecule has 1 heterocycles. The number of carbonyl (C=O) groups is 2. The van der Waals surface area contributed by atoms with Gasteiger partial charge >= 0.3 is 11.9 Å². The lowest BCUT2D eigenvalue weighted by Crippen LogP contribution is -2.13. The highest BCUT2D eigenvalue weighted by molar-refractivity contribution is 5.85. The molecule has 0 saturated heterocycles. The topological polar surface area (TPSA) is 101 Å². The summed E-state index contributed by atoms with van der Waals surface area (Å²) in [6, 6.07) is 1.63. The number of aromatic nitrogens is 2. The average molecular weight is 267 g/mol. The maximum Gasteiger partial charge on any atom is 0.376 e. The summed E-state index contributed by atoms with van der Waals surface area (Å²) in [6.45, 7) is 2.25. The number of rotatable bonds is 7. The van der Waals surface area contributed by atoms with Crippen molar-refractivity contribution in [2.24, 2.45) is 5.92 Å². The Kier molecular flexibility index (Phi) is 5.72. The molecule has 1 rings (SSSR count). The molecule has 104 valence electrons. The number of carboxylic acid groups (broad SMARTS) is 1. The Hall–Kier alpha value is -2.18. The second-order valence-corrected chi connectivity index (χ2v) is 4.07. The summed E-state index contributed by atoms with van der Waals surface area (Å²) in [7, 11) is 1.26. The highest BCUT2D eigenvalue weighted by Gasteiger charge is 2.11. The predicted octanol–water partition coefficient (Wildman–Crippen LogP) is 1.18. The van der Waals surface area contributed by atoms with E-state index in [9.17, 15) is 9.59 Å². The number of esters is 1. The van der Waals surface area contributed by atoms with Crippen LogP contribution in [0.1, 0.15) is 30.4 Å². The van der Waals surface area contributed by atoms with Gasteiger partial charge in [0.05, 0.1) is 13.0 Å². The summed E-state index contributed by atoms with van der Waals surface area (Å²) in [5.74, 6) is -1.25. The van der Waals surface area contributed by atoms with Crippen molar-refractivity contribution in [1.82, 2.24) is 9.97 Å². The molecule has 1 atom stereocenters. The second-order valence-electron chi connectivity index (χ2n) is 4.07. The molecule has 1 aromatic heterocycles. The monoisotopic (exact) mass is 267 g/mol. The van der Waals surface area contributed by atoms with Crippen molar-refractivity contribution in [3.05, 3.63) is 18.1 Å². The van der Waals surface area contributed by atoms with Crippen LogP contribution >= 0.6 is 0 Å². The maximum absolute atomic E-state index is 11.2. The quantitative estimate of drug-likeness (QED) is 0.565. The molecule has 0 amide bonds. The Morgan fingerprint density at radius 3 is 2.89 bits per heavy atom. The van der Waals surface area contributed by atoms with Gasteiger partial charge in [-0.2, -0.15) is 0 Å². The maximum atomic E-state index is 11.2. The van der Waals surface area contributed by atoms with E-state index < -0.39 is 11.9 Å². The van der Waals surface area contributed by atoms with Crippen LogP contribution in [-0.2, 0) is 9.53 Å². The van der Waals surface area contributed by atoms with Crippen LogP contribution in [0.25, 0.3) is 0 Å². The molecule has 2 N–H and O–H groups in total. The van der Waals surface area contributed by atoms with Crippen LogP contribution in [0, 0.1) is 5.92 Å². The molecule has 0 bridgehead atoms. The second kappa shape index (κ2) is 7.30. The van der Waals surface area contributed by atoms with Gasteiger partial charge in [0.2, 0.25) is 5.82 Å². The van der Waals surface area contributed by atoms with Crippen LogP contribution in [0.15, 0.2) is 12.3 Å². The highest BCUT2D eigenvalue weighted by atomic mass is 16.5. The molecule has 19 heavy (non-hydrogen) atoms. The fourth-order valence-corrected chi connectivity index (χ4v) is 1.39. The Balaban J connectivity index is 2.41. The van der Waals surface area contributed by atoms with Crippen LogP contribution in [-0.4, -0.2) is 40.7 Å². The SMILES string of the molecule is COC(=O)c1nccc(NCCCC(C)C(=O)O)n1. The molecule has 0 aliphatic heterocycles. The van der Waals surface area contributed by atoms with E-state index in [-0.39, 0.29) is 11.7 Å². The number of aliphatic carboxylic acids is 1. The fourth-order valence-electron chi connectivity index (χ4n) is 1.39. The van der Waals surface area contributed by atoms with E-state index in [4.69, 9.17) is 5.11 Å². The summed E-state index contributed by atoms with van der Waals surface area (Å²) >= 11 is 0. The van der Waals surface area contributed by atoms with Crippen LogP contribution in [0.4, 0.5) is 5.82 Å². The van der Waals surface area contributed by atoms with Crippen molar-refractivity contribution in [1.29, 1.82) is 0 Å². The smallest absolute Gasteiger partial charge is 0.376 e. The van der Waals surface area contributed by atoms with E-state index >= 15 is 0 Å². The van der Waals surface area contributed by atoms with Crippen molar-refractivity contribution in [3.8, 4) is 0 Å². The average Bonchev–Trinajstić information content (AvgIpc) is 2.42. The summed E-state index contributed by atoms with van der Waals surface area (Å²) in [5, 5.41) is 11.7. The normalized spacial score (nSPS) is 11.7. The number of carbonyl (C=O) groups excluding carboxylic acids is 1. The Morgan fingerprint density at radius 1 is 1.53 bits per heavy atom. The molecule has 0 saturated carbocycles.